The van der Waals surface area contributed by atoms with Gasteiger partial charge in [-0.15, -0.1) is 12.4 Å². The van der Waals surface area contributed by atoms with Crippen molar-refractivity contribution >= 4 is 30.4 Å². The lowest BCUT2D eigenvalue weighted by Crippen LogP contribution is -2.47. The fraction of sp³-hybridized carbons (Fsp3) is 0.676. The van der Waals surface area contributed by atoms with E-state index in [1.165, 1.54) is 0 Å². The summed E-state index contributed by atoms with van der Waals surface area (Å²) in [4.78, 5) is 49.9. The predicted octanol–water partition coefficient (Wildman–Crippen LogP) is 4.06. The number of imidazole rings is 3. The van der Waals surface area contributed by atoms with Crippen LogP contribution in [0.2, 0.25) is 0 Å². The fourth-order valence-corrected chi connectivity index (χ4v) is 5.89. The number of aromatic nitrogens is 6. The third-order valence-electron chi connectivity index (χ3n) is 8.76. The lowest BCUT2D eigenvalue weighted by Gasteiger charge is -2.38. The highest BCUT2D eigenvalue weighted by molar-refractivity contribution is 5.85. The highest BCUT2D eigenvalue weighted by Crippen LogP contribution is 2.32. The second-order valence-electron chi connectivity index (χ2n) is 15.7. The molecule has 0 aliphatic carbocycles. The number of Topliss-reactive ketones (excluding diaryl/α,β-unsaturated/α-hetero) is 1. The summed E-state index contributed by atoms with van der Waals surface area (Å²) in [5.74, 6) is 1.67. The number of aliphatic hydroxyl groups is 2. The molecule has 3 aliphatic heterocycles. The van der Waals surface area contributed by atoms with Crippen molar-refractivity contribution in [2.75, 3.05) is 39.3 Å². The number of hydrogen-bond acceptors (Lipinski definition) is 11. The number of nitrogens with zero attached hydrogens (tertiary/aromatic N) is 8. The molecular weight excluding hydrogens is 718 g/mol. The second-order valence-corrected chi connectivity index (χ2v) is 15.7. The highest BCUT2D eigenvalue weighted by atomic mass is 35.5. The molecule has 54 heavy (non-hydrogen) atoms. The Bertz CT molecular complexity index is 1570. The summed E-state index contributed by atoms with van der Waals surface area (Å²) in [6.45, 7) is 14.7. The van der Waals surface area contributed by atoms with Crippen LogP contribution in [0, 0.1) is 0 Å². The van der Waals surface area contributed by atoms with Crippen LogP contribution >= 0.6 is 12.4 Å². The molecule has 3 aromatic rings. The molecule has 3 aliphatic rings. The zero-order valence-electron chi connectivity index (χ0n) is 33.4. The van der Waals surface area contributed by atoms with Crippen molar-refractivity contribution in [1.82, 2.24) is 43.8 Å². The fourth-order valence-electron chi connectivity index (χ4n) is 5.89. The lowest BCUT2D eigenvalue weighted by molar-refractivity contribution is -0.121. The van der Waals surface area contributed by atoms with Gasteiger partial charge < -0.3 is 48.5 Å². The van der Waals surface area contributed by atoms with Gasteiger partial charge in [0, 0.05) is 110 Å². The summed E-state index contributed by atoms with van der Waals surface area (Å²) in [6.07, 6.45) is 15.2. The van der Waals surface area contributed by atoms with Gasteiger partial charge in [0.15, 0.2) is 0 Å². The van der Waals surface area contributed by atoms with E-state index in [9.17, 15) is 24.6 Å². The molecule has 2 amide bonds. The minimum Gasteiger partial charge on any atom is -0.444 e. The van der Waals surface area contributed by atoms with Gasteiger partial charge in [-0.3, -0.25) is 4.79 Å². The SMILES string of the molecule is CC(C)(C)OC(=O)N1CCC(=O)CC1.Cl.Cn1ccnc1.Cn1ccnc1C1(O)CCN(C(=O)OC(C)(C)C)CC1.Cn1ccnc1C1(O)CCNCC1. The minimum absolute atomic E-state index is 0. The maximum atomic E-state index is 12.0. The largest absolute Gasteiger partial charge is 0.444 e. The number of amides is 2. The molecule has 16 nitrogen and oxygen atoms in total. The van der Waals surface area contributed by atoms with Gasteiger partial charge in [0.1, 0.15) is 39.8 Å². The van der Waals surface area contributed by atoms with E-state index in [0.29, 0.717) is 57.7 Å². The molecule has 0 unspecified atom stereocenters. The average molecular weight is 780 g/mol. The van der Waals surface area contributed by atoms with Crippen molar-refractivity contribution in [1.29, 1.82) is 0 Å². The van der Waals surface area contributed by atoms with Gasteiger partial charge >= 0.3 is 12.2 Å². The molecule has 3 saturated heterocycles. The summed E-state index contributed by atoms with van der Waals surface area (Å²) in [5.41, 5.74) is -2.64. The Kier molecular flexibility index (Phi) is 17.2. The first-order chi connectivity index (χ1) is 24.7. The van der Waals surface area contributed by atoms with Crippen LogP contribution in [-0.4, -0.2) is 117 Å². The first kappa shape index (κ1) is 46.2. The molecule has 0 spiro atoms. The third-order valence-corrected chi connectivity index (χ3v) is 8.76. The van der Waals surface area contributed by atoms with Gasteiger partial charge in [0.2, 0.25) is 0 Å². The first-order valence-corrected chi connectivity index (χ1v) is 18.2. The van der Waals surface area contributed by atoms with E-state index >= 15 is 0 Å². The molecule has 3 N–H and O–H groups in total. The zero-order chi connectivity index (χ0) is 39.5. The van der Waals surface area contributed by atoms with Crippen LogP contribution < -0.4 is 5.32 Å². The summed E-state index contributed by atoms with van der Waals surface area (Å²) in [6, 6.07) is 0. The minimum atomic E-state index is -0.962. The number of rotatable bonds is 2. The standard InChI is InChI=1S/C14H23N3O3.C10H17NO3.C9H15N3O.C4H6N2.ClH/c1-13(2,3)20-12(18)17-8-5-14(19,6-9-17)11-15-7-10-16(11)4;1-10(2,3)14-9(13)11-6-4-8(12)5-7-11;1-12-7-6-11-8(12)9(13)2-4-10-5-3-9;1-6-3-2-5-4-6;/h7,10,19H,5-6,8-9H2,1-4H3;4-7H2,1-3H3;6-7,10,13H,2-5H2,1H3;2-4H,1H3;1H. The molecule has 6 rings (SSSR count). The molecule has 3 aromatic heterocycles. The van der Waals surface area contributed by atoms with Crippen LogP contribution in [0.4, 0.5) is 9.59 Å². The first-order valence-electron chi connectivity index (χ1n) is 18.2. The van der Waals surface area contributed by atoms with E-state index in [0.717, 1.165) is 31.8 Å². The predicted molar refractivity (Wildman–Crippen MR) is 206 cm³/mol. The Morgan fingerprint density at radius 2 is 1.13 bits per heavy atom. The van der Waals surface area contributed by atoms with Crippen molar-refractivity contribution in [2.24, 2.45) is 21.1 Å². The lowest BCUT2D eigenvalue weighted by atomic mass is 9.90. The molecule has 0 atom stereocenters. The Labute approximate surface area is 325 Å². The summed E-state index contributed by atoms with van der Waals surface area (Å²) >= 11 is 0. The number of piperidine rings is 3. The smallest absolute Gasteiger partial charge is 0.410 e. The Morgan fingerprint density at radius 1 is 0.704 bits per heavy atom. The van der Waals surface area contributed by atoms with Crippen molar-refractivity contribution in [3.63, 3.8) is 0 Å². The Morgan fingerprint density at radius 3 is 1.46 bits per heavy atom. The molecule has 0 radical (unpaired) electrons. The number of ketones is 1. The maximum Gasteiger partial charge on any atom is 0.410 e. The second kappa shape index (κ2) is 20.1. The summed E-state index contributed by atoms with van der Waals surface area (Å²) in [5, 5.41) is 24.2. The van der Waals surface area contributed by atoms with Crippen LogP contribution in [0.25, 0.3) is 0 Å². The monoisotopic (exact) mass is 779 g/mol. The van der Waals surface area contributed by atoms with Crippen LogP contribution in [0.3, 0.4) is 0 Å². The van der Waals surface area contributed by atoms with E-state index < -0.39 is 22.4 Å². The molecule has 0 bridgehead atoms. The van der Waals surface area contributed by atoms with Crippen molar-refractivity contribution in [3.8, 4) is 0 Å². The van der Waals surface area contributed by atoms with E-state index in [4.69, 9.17) is 9.47 Å². The number of aryl methyl sites for hydroxylation is 3. The Balaban J connectivity index is 0.000000263. The van der Waals surface area contributed by atoms with Gasteiger partial charge in [-0.05, 0) is 67.5 Å². The van der Waals surface area contributed by atoms with Gasteiger partial charge in [-0.2, -0.15) is 0 Å². The number of ether oxygens (including phenoxy) is 2. The molecule has 6 heterocycles. The molecule has 3 fully saturated rings. The van der Waals surface area contributed by atoms with Crippen molar-refractivity contribution in [2.45, 2.75) is 102 Å². The molecule has 304 valence electrons. The number of hydrogen-bond donors (Lipinski definition) is 3. The van der Waals surface area contributed by atoms with E-state index in [2.05, 4.69) is 20.3 Å². The summed E-state index contributed by atoms with van der Waals surface area (Å²) in [7, 11) is 5.72. The number of carbonyl (C=O) groups is 3. The quantitative estimate of drug-likeness (QED) is 0.341. The van der Waals surface area contributed by atoms with Crippen LogP contribution in [0.15, 0.2) is 43.5 Å². The van der Waals surface area contributed by atoms with Crippen LogP contribution in [0.5, 0.6) is 0 Å². The van der Waals surface area contributed by atoms with Crippen molar-refractivity contribution in [3.05, 3.63) is 55.2 Å². The number of likely N-dealkylation sites (tertiary alicyclic amines) is 2. The summed E-state index contributed by atoms with van der Waals surface area (Å²) < 4.78 is 16.1. The zero-order valence-corrected chi connectivity index (χ0v) is 34.3. The molecule has 0 aromatic carbocycles. The third kappa shape index (κ3) is 14.7. The van der Waals surface area contributed by atoms with E-state index in [-0.39, 0.29) is 30.4 Å². The van der Waals surface area contributed by atoms with Gasteiger partial charge in [-0.1, -0.05) is 0 Å². The molecule has 0 saturated carbocycles. The van der Waals surface area contributed by atoms with E-state index in [1.54, 1.807) is 34.7 Å². The van der Waals surface area contributed by atoms with Crippen molar-refractivity contribution < 1.29 is 34.1 Å². The Hall–Kier alpha value is -3.99. The van der Waals surface area contributed by atoms with Gasteiger partial charge in [0.25, 0.3) is 0 Å². The van der Waals surface area contributed by atoms with E-state index in [1.807, 2.05) is 95.0 Å². The number of nitrogens with one attached hydrogen (secondary N) is 1. The highest BCUT2D eigenvalue weighted by Gasteiger charge is 2.39. The average Bonchev–Trinajstić information content (AvgIpc) is 3.84. The normalized spacial score (nSPS) is 17.9. The molecular formula is C37H62ClN9O7. The van der Waals surface area contributed by atoms with Crippen LogP contribution in [-0.2, 0) is 46.6 Å². The maximum absolute atomic E-state index is 12.0. The van der Waals surface area contributed by atoms with Crippen LogP contribution in [0.1, 0.15) is 91.7 Å². The van der Waals surface area contributed by atoms with Gasteiger partial charge in [0.05, 0.1) is 6.33 Å². The van der Waals surface area contributed by atoms with Gasteiger partial charge in [-0.25, -0.2) is 24.5 Å². The molecule has 17 heteroatoms. The topological polar surface area (TPSA) is 182 Å². The number of halogens is 1. The number of carbonyl (C=O) groups excluding carboxylic acids is 3.